The van der Waals surface area contributed by atoms with Crippen molar-refractivity contribution in [2.45, 2.75) is 6.61 Å². The maximum atomic E-state index is 12.1. The van der Waals surface area contributed by atoms with Crippen LogP contribution in [0, 0.1) is 5.41 Å². The summed E-state index contributed by atoms with van der Waals surface area (Å²) in [6.45, 7) is 1.50. The normalized spacial score (nSPS) is 16.8. The number of hydrogen-bond acceptors (Lipinski definition) is 5. The van der Waals surface area contributed by atoms with Crippen LogP contribution in [0.2, 0.25) is 0 Å². The Hall–Kier alpha value is -1.44. The zero-order chi connectivity index (χ0) is 16.1. The molecule has 2 rings (SSSR count). The van der Waals surface area contributed by atoms with Crippen LogP contribution in [0.4, 0.5) is 0 Å². The highest BCUT2D eigenvalue weighted by molar-refractivity contribution is 7.90. The Morgan fingerprint density at radius 3 is 2.55 bits per heavy atom. The topological polar surface area (TPSA) is 81.7 Å². The van der Waals surface area contributed by atoms with Gasteiger partial charge >= 0.3 is 0 Å². The van der Waals surface area contributed by atoms with Gasteiger partial charge < -0.3 is 14.8 Å². The molecule has 0 radical (unpaired) electrons. The highest BCUT2D eigenvalue weighted by Gasteiger charge is 2.48. The molecule has 1 amide bonds. The highest BCUT2D eigenvalue weighted by Crippen LogP contribution is 2.29. The Balaban J connectivity index is 1.71. The van der Waals surface area contributed by atoms with Crippen molar-refractivity contribution in [1.82, 2.24) is 5.32 Å². The fourth-order valence-corrected chi connectivity index (χ4v) is 3.62. The van der Waals surface area contributed by atoms with Gasteiger partial charge in [-0.25, -0.2) is 8.42 Å². The molecular formula is C15H21NO5S. The van der Waals surface area contributed by atoms with Crippen molar-refractivity contribution in [3.05, 3.63) is 35.9 Å². The van der Waals surface area contributed by atoms with Crippen molar-refractivity contribution in [2.24, 2.45) is 5.41 Å². The second-order valence-corrected chi connectivity index (χ2v) is 7.78. The average molecular weight is 327 g/mol. The van der Waals surface area contributed by atoms with E-state index in [1.807, 2.05) is 30.3 Å². The molecule has 1 heterocycles. The van der Waals surface area contributed by atoms with Crippen LogP contribution in [0.15, 0.2) is 30.3 Å². The van der Waals surface area contributed by atoms with E-state index in [4.69, 9.17) is 9.47 Å². The second-order valence-electron chi connectivity index (χ2n) is 5.64. The van der Waals surface area contributed by atoms with Crippen LogP contribution in [0.25, 0.3) is 0 Å². The number of nitrogens with one attached hydrogen (secondary N) is 1. The first-order valence-electron chi connectivity index (χ1n) is 7.07. The minimum absolute atomic E-state index is 0.150. The summed E-state index contributed by atoms with van der Waals surface area (Å²) in [5.74, 6) is -0.469. The maximum absolute atomic E-state index is 12.1. The first-order chi connectivity index (χ1) is 10.4. The summed E-state index contributed by atoms with van der Waals surface area (Å²) >= 11 is 0. The van der Waals surface area contributed by atoms with Gasteiger partial charge in [0.1, 0.15) is 15.3 Å². The van der Waals surface area contributed by atoms with Crippen LogP contribution >= 0.6 is 0 Å². The summed E-state index contributed by atoms with van der Waals surface area (Å²) in [5.41, 5.74) is 0.127. The predicted octanol–water partition coefficient (Wildman–Crippen LogP) is 0.381. The number of carbonyl (C=O) groups is 1. The number of sulfone groups is 1. The van der Waals surface area contributed by atoms with Crippen molar-refractivity contribution in [3.8, 4) is 0 Å². The zero-order valence-corrected chi connectivity index (χ0v) is 13.4. The van der Waals surface area contributed by atoms with Gasteiger partial charge in [0, 0.05) is 12.8 Å². The summed E-state index contributed by atoms with van der Waals surface area (Å²) in [7, 11) is -3.23. The molecule has 0 aromatic heterocycles. The molecule has 1 fully saturated rings. The quantitative estimate of drug-likeness (QED) is 0.698. The number of amides is 1. The molecule has 6 nitrogen and oxygen atoms in total. The molecule has 7 heteroatoms. The molecule has 0 bridgehead atoms. The zero-order valence-electron chi connectivity index (χ0n) is 12.6. The van der Waals surface area contributed by atoms with E-state index in [1.54, 1.807) is 0 Å². The largest absolute Gasteiger partial charge is 0.379 e. The van der Waals surface area contributed by atoms with Crippen LogP contribution in [0.3, 0.4) is 0 Å². The molecule has 1 aliphatic heterocycles. The fourth-order valence-electron chi connectivity index (χ4n) is 2.32. The molecule has 1 N–H and O–H groups in total. The lowest BCUT2D eigenvalue weighted by Crippen LogP contribution is -2.58. The third-order valence-electron chi connectivity index (χ3n) is 3.42. The highest BCUT2D eigenvalue weighted by atomic mass is 32.2. The molecule has 22 heavy (non-hydrogen) atoms. The van der Waals surface area contributed by atoms with Gasteiger partial charge in [0.15, 0.2) is 0 Å². The minimum atomic E-state index is -3.23. The lowest BCUT2D eigenvalue weighted by molar-refractivity contribution is -0.157. The van der Waals surface area contributed by atoms with Gasteiger partial charge in [0.05, 0.1) is 32.2 Å². The van der Waals surface area contributed by atoms with E-state index in [9.17, 15) is 13.2 Å². The Kier molecular flexibility index (Phi) is 5.55. The van der Waals surface area contributed by atoms with Gasteiger partial charge in [-0.15, -0.1) is 0 Å². The van der Waals surface area contributed by atoms with Crippen molar-refractivity contribution >= 4 is 15.7 Å². The summed E-state index contributed by atoms with van der Waals surface area (Å²) in [4.78, 5) is 12.1. The van der Waals surface area contributed by atoms with E-state index in [0.29, 0.717) is 19.8 Å². The first kappa shape index (κ1) is 16.9. The molecule has 122 valence electrons. The molecule has 1 aliphatic rings. The summed E-state index contributed by atoms with van der Waals surface area (Å²) in [5, 5.41) is 2.73. The molecule has 0 atom stereocenters. The van der Waals surface area contributed by atoms with Crippen LogP contribution in [0.5, 0.6) is 0 Å². The smallest absolute Gasteiger partial charge is 0.232 e. The standard InChI is InChI=1S/C15H21NO5S/c1-22(18,19)12-15(10-21-11-15)14(17)16-7-8-20-9-13-5-3-2-4-6-13/h2-6H,7-12H2,1H3,(H,16,17). The molecular weight excluding hydrogens is 306 g/mol. The number of hydrogen-bond donors (Lipinski definition) is 1. The Bertz CT molecular complexity index is 596. The lowest BCUT2D eigenvalue weighted by atomic mass is 9.87. The van der Waals surface area contributed by atoms with Gasteiger partial charge in [-0.2, -0.15) is 0 Å². The van der Waals surface area contributed by atoms with E-state index >= 15 is 0 Å². The second kappa shape index (κ2) is 7.21. The van der Waals surface area contributed by atoms with Crippen molar-refractivity contribution in [1.29, 1.82) is 0 Å². The number of rotatable bonds is 8. The fraction of sp³-hybridized carbons (Fsp3) is 0.533. The lowest BCUT2D eigenvalue weighted by Gasteiger charge is -2.39. The van der Waals surface area contributed by atoms with Crippen LogP contribution in [-0.2, 0) is 30.7 Å². The van der Waals surface area contributed by atoms with Gasteiger partial charge in [-0.05, 0) is 5.56 Å². The molecule has 0 spiro atoms. The van der Waals surface area contributed by atoms with Gasteiger partial charge in [0.25, 0.3) is 0 Å². The molecule has 0 unspecified atom stereocenters. The van der Waals surface area contributed by atoms with Crippen LogP contribution in [-0.4, -0.2) is 52.7 Å². The monoisotopic (exact) mass is 327 g/mol. The number of carbonyl (C=O) groups excluding carboxylic acids is 1. The SMILES string of the molecule is CS(=O)(=O)CC1(C(=O)NCCOCc2ccccc2)COC1. The Labute approximate surface area is 130 Å². The van der Waals surface area contributed by atoms with E-state index < -0.39 is 15.3 Å². The number of ether oxygens (including phenoxy) is 2. The van der Waals surface area contributed by atoms with E-state index in [-0.39, 0.29) is 24.9 Å². The van der Waals surface area contributed by atoms with E-state index in [1.165, 1.54) is 0 Å². The van der Waals surface area contributed by atoms with Gasteiger partial charge in [-0.3, -0.25) is 4.79 Å². The maximum Gasteiger partial charge on any atom is 0.232 e. The third-order valence-corrected chi connectivity index (χ3v) is 4.50. The van der Waals surface area contributed by atoms with E-state index in [2.05, 4.69) is 5.32 Å². The summed E-state index contributed by atoms with van der Waals surface area (Å²) in [6.07, 6.45) is 1.13. The minimum Gasteiger partial charge on any atom is -0.379 e. The number of benzene rings is 1. The Morgan fingerprint density at radius 2 is 2.00 bits per heavy atom. The van der Waals surface area contributed by atoms with E-state index in [0.717, 1.165) is 11.8 Å². The van der Waals surface area contributed by atoms with Crippen molar-refractivity contribution in [3.63, 3.8) is 0 Å². The Morgan fingerprint density at radius 1 is 1.32 bits per heavy atom. The predicted molar refractivity (Wildman–Crippen MR) is 82.1 cm³/mol. The van der Waals surface area contributed by atoms with Gasteiger partial charge in [-0.1, -0.05) is 30.3 Å². The van der Waals surface area contributed by atoms with Crippen molar-refractivity contribution < 1.29 is 22.7 Å². The van der Waals surface area contributed by atoms with Crippen molar-refractivity contribution in [2.75, 3.05) is 38.4 Å². The third kappa shape index (κ3) is 4.79. The summed E-state index contributed by atoms with van der Waals surface area (Å²) in [6, 6.07) is 9.74. The van der Waals surface area contributed by atoms with Crippen LogP contribution < -0.4 is 5.32 Å². The molecule has 1 aromatic rings. The van der Waals surface area contributed by atoms with Crippen LogP contribution in [0.1, 0.15) is 5.56 Å². The first-order valence-corrected chi connectivity index (χ1v) is 9.13. The molecule has 0 aliphatic carbocycles. The molecule has 0 saturated carbocycles. The molecule has 1 saturated heterocycles. The summed E-state index contributed by atoms with van der Waals surface area (Å²) < 4.78 is 33.3. The molecule has 1 aromatic carbocycles. The van der Waals surface area contributed by atoms with Gasteiger partial charge in [0.2, 0.25) is 5.91 Å². The average Bonchev–Trinajstić information content (AvgIpc) is 2.42.